The number of fused-ring (bicyclic) bond motifs is 2. The minimum atomic E-state index is -1.48. The Balaban J connectivity index is 1.17. The van der Waals surface area contributed by atoms with Gasteiger partial charge in [0.25, 0.3) is 23.6 Å². The summed E-state index contributed by atoms with van der Waals surface area (Å²) in [4.78, 5) is 126. The first-order valence-electron chi connectivity index (χ1n) is 24.2. The van der Waals surface area contributed by atoms with Crippen LogP contribution in [0.15, 0.2) is 60.7 Å². The molecule has 1 unspecified atom stereocenters. The summed E-state index contributed by atoms with van der Waals surface area (Å²) in [5, 5.41) is 26.5. The molecule has 2 aromatic carbocycles. The number of aromatic nitrogens is 8. The lowest BCUT2D eigenvalue weighted by Crippen LogP contribution is -2.49. The Bertz CT molecular complexity index is 3400. The van der Waals surface area contributed by atoms with Crippen molar-refractivity contribution in [3.05, 3.63) is 94.6 Å². The van der Waals surface area contributed by atoms with E-state index >= 15 is 0 Å². The van der Waals surface area contributed by atoms with Gasteiger partial charge in [-0.3, -0.25) is 68.0 Å². The molecular formula is C50H57N15O12. The Hall–Kier alpha value is -9.69. The number of nitrogens with one attached hydrogen (secondary N) is 3. The summed E-state index contributed by atoms with van der Waals surface area (Å²) in [6.45, 7) is 7.70. The first kappa shape index (κ1) is 55.1. The van der Waals surface area contributed by atoms with Gasteiger partial charge in [0.05, 0.1) is 42.6 Å². The number of anilines is 2. The molecule has 4 aromatic heterocycles. The van der Waals surface area contributed by atoms with Gasteiger partial charge in [0, 0.05) is 76.0 Å². The average Bonchev–Trinajstić information content (AvgIpc) is 4.24. The first-order chi connectivity index (χ1) is 36.7. The molecule has 27 heteroatoms. The number of aliphatic carboxylic acids is 1. The van der Waals surface area contributed by atoms with Crippen molar-refractivity contribution in [3.8, 4) is 11.5 Å². The number of nitrogens with two attached hydrogens (primary N) is 2. The predicted octanol–water partition coefficient (Wildman–Crippen LogP) is 1.90. The van der Waals surface area contributed by atoms with E-state index in [-0.39, 0.29) is 97.1 Å². The van der Waals surface area contributed by atoms with E-state index in [9.17, 15) is 48.3 Å². The molecule has 8 amide bonds. The summed E-state index contributed by atoms with van der Waals surface area (Å²) in [7, 11) is 2.82. The quantitative estimate of drug-likeness (QED) is 0.0271. The van der Waals surface area contributed by atoms with Crippen LogP contribution in [0, 0.1) is 13.8 Å². The number of nitrogens with zero attached hydrogens (tertiary/aromatic N) is 10. The molecule has 0 saturated heterocycles. The molecule has 77 heavy (non-hydrogen) atoms. The van der Waals surface area contributed by atoms with E-state index in [1.807, 2.05) is 13.8 Å². The number of hydrogen-bond acceptors (Lipinski definition) is 15. The summed E-state index contributed by atoms with van der Waals surface area (Å²) in [6, 6.07) is 7.58. The fourth-order valence-electron chi connectivity index (χ4n) is 8.55. The van der Waals surface area contributed by atoms with Crippen molar-refractivity contribution in [1.29, 1.82) is 0 Å². The monoisotopic (exact) mass is 1060 g/mol. The van der Waals surface area contributed by atoms with E-state index in [4.69, 9.17) is 25.9 Å². The minimum absolute atomic E-state index is 0.00163. The maximum Gasteiger partial charge on any atom is 0.305 e. The number of methoxy groups -OCH3 is 1. The summed E-state index contributed by atoms with van der Waals surface area (Å²) in [5.41, 5.74) is 14.6. The molecule has 404 valence electrons. The fraction of sp³-hybridized carbons (Fsp3) is 0.340. The van der Waals surface area contributed by atoms with Crippen LogP contribution in [-0.2, 0) is 50.2 Å². The molecule has 1 aliphatic rings. The van der Waals surface area contributed by atoms with Gasteiger partial charge in [-0.2, -0.15) is 10.2 Å². The Kier molecular flexibility index (Phi) is 16.9. The van der Waals surface area contributed by atoms with E-state index in [1.54, 1.807) is 51.9 Å². The lowest BCUT2D eigenvalue weighted by Gasteiger charge is -2.24. The normalized spacial score (nSPS) is 12.7. The van der Waals surface area contributed by atoms with Crippen molar-refractivity contribution in [2.75, 3.05) is 44.5 Å². The largest absolute Gasteiger partial charge is 0.494 e. The number of aryl methyl sites for hydroxylation is 4. The number of amides is 8. The Morgan fingerprint density at radius 1 is 0.753 bits per heavy atom. The molecule has 5 heterocycles. The van der Waals surface area contributed by atoms with Crippen molar-refractivity contribution in [2.24, 2.45) is 11.5 Å². The van der Waals surface area contributed by atoms with Gasteiger partial charge in [-0.05, 0) is 70.5 Å². The number of primary amides is 2. The lowest BCUT2D eigenvalue weighted by atomic mass is 10.1. The van der Waals surface area contributed by atoms with E-state index in [0.717, 1.165) is 17.1 Å². The van der Waals surface area contributed by atoms with Gasteiger partial charge < -0.3 is 45.4 Å². The molecule has 0 aliphatic carbocycles. The summed E-state index contributed by atoms with van der Waals surface area (Å²) in [6.07, 6.45) is 4.65. The molecular weight excluding hydrogens is 1000 g/mol. The van der Waals surface area contributed by atoms with Gasteiger partial charge in [-0.15, -0.1) is 0 Å². The average molecular weight is 1060 g/mol. The highest BCUT2D eigenvalue weighted by atomic mass is 16.5. The predicted molar refractivity (Wildman–Crippen MR) is 276 cm³/mol. The molecule has 0 saturated carbocycles. The lowest BCUT2D eigenvalue weighted by molar-refractivity contribution is -0.143. The van der Waals surface area contributed by atoms with Crippen LogP contribution >= 0.6 is 0 Å². The Labute approximate surface area is 438 Å². The number of imidazole rings is 2. The van der Waals surface area contributed by atoms with Gasteiger partial charge in [0.15, 0.2) is 0 Å². The molecule has 0 bridgehead atoms. The van der Waals surface area contributed by atoms with Crippen molar-refractivity contribution >= 4 is 87.2 Å². The number of carboxylic acids is 1. The minimum Gasteiger partial charge on any atom is -0.494 e. The van der Waals surface area contributed by atoms with Crippen LogP contribution in [0.5, 0.6) is 11.5 Å². The number of carboxylic acid groups (broad SMARTS) is 1. The number of imide groups is 1. The van der Waals surface area contributed by atoms with E-state index in [1.165, 1.54) is 48.0 Å². The highest BCUT2D eigenvalue weighted by Crippen LogP contribution is 2.33. The van der Waals surface area contributed by atoms with E-state index in [2.05, 4.69) is 31.1 Å². The molecule has 1 aliphatic heterocycles. The Morgan fingerprint density at radius 2 is 1.25 bits per heavy atom. The van der Waals surface area contributed by atoms with Crippen LogP contribution in [0.2, 0.25) is 0 Å². The maximum absolute atomic E-state index is 14.0. The zero-order chi connectivity index (χ0) is 55.8. The molecule has 6 aromatic rings. The third-order valence-corrected chi connectivity index (χ3v) is 12.2. The molecule has 8 N–H and O–H groups in total. The van der Waals surface area contributed by atoms with Crippen molar-refractivity contribution in [3.63, 3.8) is 0 Å². The molecule has 0 radical (unpaired) electrons. The van der Waals surface area contributed by atoms with Crippen LogP contribution < -0.4 is 36.9 Å². The smallest absolute Gasteiger partial charge is 0.305 e. The van der Waals surface area contributed by atoms with Gasteiger partial charge in [-0.25, -0.2) is 9.97 Å². The topological polar surface area (TPSA) is 358 Å². The van der Waals surface area contributed by atoms with Crippen molar-refractivity contribution < 1.29 is 57.7 Å². The third-order valence-electron chi connectivity index (χ3n) is 12.2. The van der Waals surface area contributed by atoms with E-state index < -0.39 is 65.7 Å². The van der Waals surface area contributed by atoms with Gasteiger partial charge >= 0.3 is 5.97 Å². The number of carbonyl (C=O) groups is 9. The Morgan fingerprint density at radius 3 is 1.71 bits per heavy atom. The molecule has 0 spiro atoms. The first-order valence-corrected chi connectivity index (χ1v) is 24.2. The molecule has 27 nitrogen and oxygen atoms in total. The van der Waals surface area contributed by atoms with Gasteiger partial charge in [0.1, 0.15) is 40.0 Å². The highest BCUT2D eigenvalue weighted by molar-refractivity contribution is 6.13. The van der Waals surface area contributed by atoms with Crippen molar-refractivity contribution in [2.45, 2.75) is 79.2 Å². The second kappa shape index (κ2) is 23.7. The zero-order valence-electron chi connectivity index (χ0n) is 43.0. The van der Waals surface area contributed by atoms with Gasteiger partial charge in [0.2, 0.25) is 35.5 Å². The number of ether oxygens (including phenoxy) is 2. The van der Waals surface area contributed by atoms with Crippen LogP contribution in [-0.4, -0.2) is 147 Å². The molecule has 0 fully saturated rings. The third kappa shape index (κ3) is 12.5. The van der Waals surface area contributed by atoms with Crippen LogP contribution in [0.25, 0.3) is 22.1 Å². The van der Waals surface area contributed by atoms with E-state index in [0.29, 0.717) is 41.0 Å². The number of likely N-dealkylation sites (N-methyl/N-ethyl adjacent to an activating group) is 1. The second-order valence-corrected chi connectivity index (χ2v) is 17.7. The van der Waals surface area contributed by atoms with Crippen LogP contribution in [0.1, 0.15) is 86.2 Å². The number of rotatable bonds is 25. The number of allylic oxidation sites excluding steroid dienone is 2. The molecule has 1 atom stereocenters. The van der Waals surface area contributed by atoms with Crippen molar-refractivity contribution in [1.82, 2.24) is 53.8 Å². The number of carbonyl (C=O) groups excluding carboxylic acids is 8. The van der Waals surface area contributed by atoms with Crippen LogP contribution in [0.4, 0.5) is 11.9 Å². The van der Waals surface area contributed by atoms with Crippen LogP contribution in [0.3, 0.4) is 0 Å². The second-order valence-electron chi connectivity index (χ2n) is 17.7. The standard InChI is InChI=1S/C50H57N15O12/c1-7-64-34(20-27(3)58-64)46(73)56-49-54-31-22-29(44(51)71)24-36(76-6)42(31)62(49)16-9-10-17-63-43-32(55-50(63)57-47(74)35-21-28(4)59-65(35)8-2)23-30(45(52)72)25-37(43)77-19-11-15-60(5)48(75)33(26-41(69)70)53-38(66)14-18-61-39(67)12-13-40(61)68/h9-10,12-13,20-25,33H,7-8,11,14-19,26H2,1-6H3,(H2,51,71)(H2,52,72)(H,53,66)(H,69,70)(H,54,56,73)(H,55,57,74). The highest BCUT2D eigenvalue weighted by Gasteiger charge is 2.29. The summed E-state index contributed by atoms with van der Waals surface area (Å²) >= 11 is 0. The van der Waals surface area contributed by atoms with Gasteiger partial charge in [-0.1, -0.05) is 12.2 Å². The summed E-state index contributed by atoms with van der Waals surface area (Å²) in [5.74, 6) is -6.12. The number of hydrogen-bond donors (Lipinski definition) is 6. The number of benzene rings is 2. The SMILES string of the molecule is CCn1nc(C)cc1C(=O)Nc1nc2cc(C(N)=O)cc(OC)c2n1CC=CCn1c(NC(=O)c2cc(C)nn2CC)nc2cc(C(N)=O)cc(OCCCN(C)C(=O)C(CC(=O)O)NC(=O)CCN3C(=O)C=CC3=O)c21. The maximum atomic E-state index is 14.0. The fourth-order valence-corrected chi connectivity index (χ4v) is 8.55. The molecule has 7 rings (SSSR count). The summed E-state index contributed by atoms with van der Waals surface area (Å²) < 4.78 is 18.4. The zero-order valence-corrected chi connectivity index (χ0v) is 43.0.